The maximum atomic E-state index is 13.6. The van der Waals surface area contributed by atoms with Gasteiger partial charge in [-0.15, -0.1) is 0 Å². The van der Waals surface area contributed by atoms with Crippen LogP contribution in [-0.4, -0.2) is 32.5 Å². The number of imidazole rings is 1. The molecule has 0 aliphatic rings. The van der Waals surface area contributed by atoms with Crippen molar-refractivity contribution in [2.75, 3.05) is 0 Å². The summed E-state index contributed by atoms with van der Waals surface area (Å²) in [6, 6.07) is 2.36. The van der Waals surface area contributed by atoms with Crippen molar-refractivity contribution in [3.05, 3.63) is 29.8 Å². The minimum atomic E-state index is -0.992. The fraction of sp³-hybridized carbons (Fsp3) is 0.400. The van der Waals surface area contributed by atoms with Crippen molar-refractivity contribution < 1.29 is 19.1 Å². The number of rotatable bonds is 6. The van der Waals surface area contributed by atoms with Crippen LogP contribution < -0.4 is 5.32 Å². The van der Waals surface area contributed by atoms with Gasteiger partial charge in [-0.2, -0.15) is 0 Å². The topological polar surface area (TPSA) is 95.1 Å². The van der Waals surface area contributed by atoms with E-state index in [-0.39, 0.29) is 12.0 Å². The van der Waals surface area contributed by atoms with Crippen molar-refractivity contribution in [3.63, 3.8) is 0 Å². The molecule has 0 bridgehead atoms. The Morgan fingerprint density at radius 3 is 2.64 bits per heavy atom. The van der Waals surface area contributed by atoms with Gasteiger partial charge in [-0.3, -0.25) is 9.59 Å². The van der Waals surface area contributed by atoms with Crippen molar-refractivity contribution in [3.8, 4) is 0 Å². The summed E-state index contributed by atoms with van der Waals surface area (Å²) in [6.45, 7) is 3.62. The molecule has 1 aromatic heterocycles. The number of nitrogens with zero attached hydrogens (tertiary/aromatic N) is 1. The number of carboxylic acids is 1. The maximum absolute atomic E-state index is 13.6. The van der Waals surface area contributed by atoms with Crippen molar-refractivity contribution in [2.24, 2.45) is 0 Å². The number of aromatic amines is 1. The lowest BCUT2D eigenvalue weighted by Gasteiger charge is -2.31. The van der Waals surface area contributed by atoms with Gasteiger partial charge in [0.25, 0.3) is 5.91 Å². The van der Waals surface area contributed by atoms with Crippen molar-refractivity contribution in [1.29, 1.82) is 0 Å². The summed E-state index contributed by atoms with van der Waals surface area (Å²) in [5, 5.41) is 11.8. The number of benzene rings is 1. The lowest BCUT2D eigenvalue weighted by atomic mass is 9.88. The smallest absolute Gasteiger partial charge is 0.305 e. The Bertz CT molecular complexity index is 707. The lowest BCUT2D eigenvalue weighted by Crippen LogP contribution is -2.49. The van der Waals surface area contributed by atoms with Crippen molar-refractivity contribution in [1.82, 2.24) is 15.3 Å². The first-order valence-electron chi connectivity index (χ1n) is 7.07. The molecule has 22 heavy (non-hydrogen) atoms. The lowest BCUT2D eigenvalue weighted by molar-refractivity contribution is -0.138. The van der Waals surface area contributed by atoms with Gasteiger partial charge in [-0.1, -0.05) is 13.8 Å². The summed E-state index contributed by atoms with van der Waals surface area (Å²) in [5.74, 6) is -2.08. The molecule has 0 aliphatic carbocycles. The van der Waals surface area contributed by atoms with Gasteiger partial charge < -0.3 is 15.4 Å². The number of carbonyl (C=O) groups excluding carboxylic acids is 1. The average Bonchev–Trinajstić information content (AvgIpc) is 2.92. The second-order valence-electron chi connectivity index (χ2n) is 5.26. The number of H-pyrrole nitrogens is 1. The van der Waals surface area contributed by atoms with E-state index in [0.717, 1.165) is 6.07 Å². The van der Waals surface area contributed by atoms with Crippen molar-refractivity contribution in [2.45, 2.75) is 38.6 Å². The Balaban J connectivity index is 2.37. The van der Waals surface area contributed by atoms with E-state index in [9.17, 15) is 14.0 Å². The summed E-state index contributed by atoms with van der Waals surface area (Å²) in [5.41, 5.74) is 0.00272. The van der Waals surface area contributed by atoms with E-state index >= 15 is 0 Å². The van der Waals surface area contributed by atoms with Gasteiger partial charge in [0, 0.05) is 0 Å². The Kier molecular flexibility index (Phi) is 4.44. The fourth-order valence-corrected chi connectivity index (χ4v) is 2.51. The predicted molar refractivity (Wildman–Crippen MR) is 79.1 cm³/mol. The quantitative estimate of drug-likeness (QED) is 0.764. The zero-order chi connectivity index (χ0) is 16.3. The largest absolute Gasteiger partial charge is 0.481 e. The summed E-state index contributed by atoms with van der Waals surface area (Å²) in [6.07, 6.45) is 2.11. The van der Waals surface area contributed by atoms with Crippen LogP contribution in [0.25, 0.3) is 11.0 Å². The molecule has 1 amide bonds. The normalized spacial score (nSPS) is 11.6. The van der Waals surface area contributed by atoms with E-state index in [2.05, 4.69) is 15.3 Å². The number of fused-ring (bicyclic) bond motifs is 1. The molecule has 0 atom stereocenters. The molecular weight excluding hydrogens is 289 g/mol. The molecule has 0 unspecified atom stereocenters. The van der Waals surface area contributed by atoms with E-state index < -0.39 is 23.2 Å². The molecule has 0 spiro atoms. The molecule has 0 radical (unpaired) electrons. The fourth-order valence-electron chi connectivity index (χ4n) is 2.51. The monoisotopic (exact) mass is 307 g/mol. The predicted octanol–water partition coefficient (Wildman–Crippen LogP) is 2.47. The number of amides is 1. The van der Waals surface area contributed by atoms with Crippen LogP contribution in [-0.2, 0) is 4.79 Å². The van der Waals surface area contributed by atoms with Crippen LogP contribution >= 0.6 is 0 Å². The zero-order valence-electron chi connectivity index (χ0n) is 12.4. The molecule has 2 rings (SSSR count). The highest BCUT2D eigenvalue weighted by Gasteiger charge is 2.32. The Morgan fingerprint density at radius 2 is 2.05 bits per heavy atom. The Hall–Kier alpha value is -2.44. The summed E-state index contributed by atoms with van der Waals surface area (Å²) < 4.78 is 13.6. The van der Waals surface area contributed by atoms with E-state index in [1.165, 1.54) is 12.4 Å². The third kappa shape index (κ3) is 3.08. The van der Waals surface area contributed by atoms with Gasteiger partial charge in [0.2, 0.25) is 0 Å². The first kappa shape index (κ1) is 15.9. The highest BCUT2D eigenvalue weighted by Crippen LogP contribution is 2.23. The number of hydrogen-bond donors (Lipinski definition) is 3. The van der Waals surface area contributed by atoms with E-state index in [1.54, 1.807) is 0 Å². The molecule has 1 heterocycles. The number of hydrogen-bond acceptors (Lipinski definition) is 3. The third-order valence-corrected chi connectivity index (χ3v) is 3.95. The SMILES string of the molecule is CCC(CC)(CC(=O)O)NC(=O)c1cc(F)cc2[nH]cnc12. The molecule has 0 fully saturated rings. The number of nitrogens with one attached hydrogen (secondary N) is 2. The van der Waals surface area contributed by atoms with Crippen LogP contribution in [0.2, 0.25) is 0 Å². The molecule has 3 N–H and O–H groups in total. The molecule has 0 saturated carbocycles. The van der Waals surface area contributed by atoms with E-state index in [1.807, 2.05) is 13.8 Å². The summed E-state index contributed by atoms with van der Waals surface area (Å²) in [4.78, 5) is 30.3. The molecule has 7 heteroatoms. The summed E-state index contributed by atoms with van der Waals surface area (Å²) >= 11 is 0. The first-order valence-corrected chi connectivity index (χ1v) is 7.07. The van der Waals surface area contributed by atoms with Crippen LogP contribution in [0.4, 0.5) is 4.39 Å². The molecular formula is C15H18FN3O3. The molecule has 0 saturated heterocycles. The molecule has 6 nitrogen and oxygen atoms in total. The number of aromatic nitrogens is 2. The number of carbonyl (C=O) groups is 2. The number of aliphatic carboxylic acids is 1. The van der Waals surface area contributed by atoms with Gasteiger partial charge in [-0.25, -0.2) is 9.37 Å². The van der Waals surface area contributed by atoms with Gasteiger partial charge >= 0.3 is 5.97 Å². The zero-order valence-corrected chi connectivity index (χ0v) is 12.4. The van der Waals surface area contributed by atoms with Gasteiger partial charge in [-0.05, 0) is 25.0 Å². The third-order valence-electron chi connectivity index (χ3n) is 3.95. The molecule has 118 valence electrons. The molecule has 1 aromatic carbocycles. The van der Waals surface area contributed by atoms with E-state index in [4.69, 9.17) is 5.11 Å². The van der Waals surface area contributed by atoms with Crippen LogP contribution in [0.15, 0.2) is 18.5 Å². The summed E-state index contributed by atoms with van der Waals surface area (Å²) in [7, 11) is 0. The van der Waals surface area contributed by atoms with E-state index in [0.29, 0.717) is 23.9 Å². The van der Waals surface area contributed by atoms with Gasteiger partial charge in [0.15, 0.2) is 0 Å². The second-order valence-corrected chi connectivity index (χ2v) is 5.26. The minimum Gasteiger partial charge on any atom is -0.481 e. The Labute approximate surface area is 126 Å². The van der Waals surface area contributed by atoms with Gasteiger partial charge in [0.1, 0.15) is 11.3 Å². The standard InChI is InChI=1S/C15H18FN3O3/c1-3-15(4-2,7-12(20)21)19-14(22)10-5-9(16)6-11-13(10)18-8-17-11/h5-6,8H,3-4,7H2,1-2H3,(H,17,18)(H,19,22)(H,20,21). The van der Waals surface area contributed by atoms with Gasteiger partial charge in [0.05, 0.1) is 29.4 Å². The number of carboxylic acid groups (broad SMARTS) is 1. The maximum Gasteiger partial charge on any atom is 0.305 e. The average molecular weight is 307 g/mol. The molecule has 2 aromatic rings. The van der Waals surface area contributed by atoms with Crippen LogP contribution in [0.5, 0.6) is 0 Å². The highest BCUT2D eigenvalue weighted by atomic mass is 19.1. The van der Waals surface area contributed by atoms with Crippen LogP contribution in [0.1, 0.15) is 43.5 Å². The van der Waals surface area contributed by atoms with Crippen molar-refractivity contribution >= 4 is 22.9 Å². The Morgan fingerprint density at radius 1 is 1.36 bits per heavy atom. The molecule has 0 aliphatic heterocycles. The number of halogens is 1. The first-order chi connectivity index (χ1) is 10.4. The van der Waals surface area contributed by atoms with Crippen LogP contribution in [0.3, 0.4) is 0 Å². The van der Waals surface area contributed by atoms with Crippen LogP contribution in [0, 0.1) is 5.82 Å². The highest BCUT2D eigenvalue weighted by molar-refractivity contribution is 6.05. The second kappa shape index (κ2) is 6.13. The minimum absolute atomic E-state index is 0.0907.